The van der Waals surface area contributed by atoms with E-state index in [-0.39, 0.29) is 17.3 Å². The number of carboxylic acid groups (broad SMARTS) is 1. The highest BCUT2D eigenvalue weighted by atomic mass is 35.5. The van der Waals surface area contributed by atoms with Crippen LogP contribution in [0.5, 0.6) is 0 Å². The van der Waals surface area contributed by atoms with Gasteiger partial charge in [0.05, 0.1) is 16.9 Å². The van der Waals surface area contributed by atoms with Crippen LogP contribution in [0.25, 0.3) is 5.69 Å². The highest BCUT2D eigenvalue weighted by molar-refractivity contribution is 7.10. The number of thiophene rings is 1. The Hall–Kier alpha value is -3.39. The van der Waals surface area contributed by atoms with Crippen molar-refractivity contribution in [3.05, 3.63) is 109 Å². The number of allylic oxidation sites excluding steroid dienone is 2. The molecule has 0 fully saturated rings. The highest BCUT2D eigenvalue weighted by Gasteiger charge is 2.42. The number of anilines is 1. The Kier molecular flexibility index (Phi) is 5.94. The zero-order valence-electron chi connectivity index (χ0n) is 19.7. The van der Waals surface area contributed by atoms with Crippen LogP contribution in [0.4, 0.5) is 5.82 Å². The van der Waals surface area contributed by atoms with Crippen molar-refractivity contribution in [1.29, 1.82) is 0 Å². The summed E-state index contributed by atoms with van der Waals surface area (Å²) in [5, 5.41) is 21.1. The molecule has 0 saturated carbocycles. The molecule has 1 aliphatic heterocycles. The predicted molar refractivity (Wildman–Crippen MR) is 146 cm³/mol. The molecular weight excluding hydrogens is 529 g/mol. The van der Waals surface area contributed by atoms with E-state index in [2.05, 4.69) is 11.4 Å². The standard InChI is InChI=1S/C28H21Cl2N3O3S/c1-14-24-25(17-9-8-16(29)13-19(17)30)26-20(11-15(12-22(26)34)23-7-4-10-37-23)31-27(24)33(32-14)21-6-3-2-5-18(21)28(35)36/h2-10,13,15,25,31H,11-12H2,1H3,(H,35,36)/t15-,25-/m0/s1. The van der Waals surface area contributed by atoms with E-state index >= 15 is 0 Å². The van der Waals surface area contributed by atoms with Crippen molar-refractivity contribution >= 4 is 52.1 Å². The van der Waals surface area contributed by atoms with Crippen molar-refractivity contribution < 1.29 is 14.7 Å². The first kappa shape index (κ1) is 24.0. The van der Waals surface area contributed by atoms with Gasteiger partial charge in [-0.15, -0.1) is 11.3 Å². The second-order valence-corrected chi connectivity index (χ2v) is 11.1. The average Bonchev–Trinajstić information content (AvgIpc) is 3.52. The van der Waals surface area contributed by atoms with Gasteiger partial charge < -0.3 is 10.4 Å². The van der Waals surface area contributed by atoms with Gasteiger partial charge in [-0.1, -0.05) is 47.5 Å². The molecule has 2 atom stereocenters. The predicted octanol–water partition coefficient (Wildman–Crippen LogP) is 7.21. The lowest BCUT2D eigenvalue weighted by Gasteiger charge is -2.35. The molecule has 186 valence electrons. The number of fused-ring (bicyclic) bond motifs is 1. The zero-order chi connectivity index (χ0) is 25.8. The van der Waals surface area contributed by atoms with E-state index in [1.807, 2.05) is 24.4 Å². The van der Waals surface area contributed by atoms with Gasteiger partial charge in [0.25, 0.3) is 0 Å². The summed E-state index contributed by atoms with van der Waals surface area (Å²) >= 11 is 14.6. The Bertz CT molecular complexity index is 1610. The molecule has 0 amide bonds. The fourth-order valence-electron chi connectivity index (χ4n) is 5.46. The first-order valence-corrected chi connectivity index (χ1v) is 13.4. The van der Waals surface area contributed by atoms with E-state index < -0.39 is 11.9 Å². The first-order valence-electron chi connectivity index (χ1n) is 11.8. The number of nitrogens with one attached hydrogen (secondary N) is 1. The molecule has 2 aliphatic rings. The molecule has 6 nitrogen and oxygen atoms in total. The second-order valence-electron chi connectivity index (χ2n) is 9.24. The van der Waals surface area contributed by atoms with Gasteiger partial charge in [-0.25, -0.2) is 9.48 Å². The number of aryl methyl sites for hydroxylation is 1. The molecule has 4 aromatic rings. The van der Waals surface area contributed by atoms with Gasteiger partial charge in [-0.3, -0.25) is 4.79 Å². The van der Waals surface area contributed by atoms with E-state index in [0.29, 0.717) is 45.7 Å². The number of hydrogen-bond acceptors (Lipinski definition) is 5. The summed E-state index contributed by atoms with van der Waals surface area (Å²) in [6.45, 7) is 1.87. The van der Waals surface area contributed by atoms with Gasteiger partial charge in [0.1, 0.15) is 5.82 Å². The van der Waals surface area contributed by atoms with Gasteiger partial charge in [0, 0.05) is 50.0 Å². The Balaban J connectivity index is 1.59. The second kappa shape index (κ2) is 9.17. The van der Waals surface area contributed by atoms with Crippen LogP contribution in [0.1, 0.15) is 56.7 Å². The minimum absolute atomic E-state index is 0.0606. The number of aromatic carboxylic acids is 1. The van der Waals surface area contributed by atoms with Crippen LogP contribution in [0.2, 0.25) is 10.0 Å². The van der Waals surface area contributed by atoms with Crippen molar-refractivity contribution in [2.45, 2.75) is 31.6 Å². The van der Waals surface area contributed by atoms with Crippen LogP contribution in [-0.2, 0) is 4.79 Å². The number of carboxylic acids is 1. The summed E-state index contributed by atoms with van der Waals surface area (Å²) in [6.07, 6.45) is 1.06. The van der Waals surface area contributed by atoms with Crippen molar-refractivity contribution in [3.63, 3.8) is 0 Å². The molecule has 37 heavy (non-hydrogen) atoms. The number of ketones is 1. The molecular formula is C28H21Cl2N3O3S. The van der Waals surface area contributed by atoms with Crippen molar-refractivity contribution in [2.24, 2.45) is 0 Å². The van der Waals surface area contributed by atoms with Crippen LogP contribution in [0.3, 0.4) is 0 Å². The summed E-state index contributed by atoms with van der Waals surface area (Å²) in [4.78, 5) is 27.0. The fraction of sp³-hybridized carbons (Fsp3) is 0.179. The van der Waals surface area contributed by atoms with Crippen molar-refractivity contribution in [3.8, 4) is 5.69 Å². The Labute approximate surface area is 227 Å². The largest absolute Gasteiger partial charge is 0.478 e. The number of para-hydroxylation sites is 1. The maximum atomic E-state index is 13.8. The molecule has 0 unspecified atom stereocenters. The molecule has 1 aliphatic carbocycles. The van der Waals surface area contributed by atoms with E-state index in [9.17, 15) is 14.7 Å². The monoisotopic (exact) mass is 549 g/mol. The number of hydrogen-bond donors (Lipinski definition) is 2. The van der Waals surface area contributed by atoms with Crippen LogP contribution in [-0.4, -0.2) is 26.6 Å². The summed E-state index contributed by atoms with van der Waals surface area (Å²) < 4.78 is 1.63. The number of aromatic nitrogens is 2. The summed E-state index contributed by atoms with van der Waals surface area (Å²) in [5.74, 6) is -0.743. The third kappa shape index (κ3) is 3.98. The first-order chi connectivity index (χ1) is 17.8. The number of Topliss-reactive ketones (excluding diaryl/α,β-unsaturated/α-hetero) is 1. The van der Waals surface area contributed by atoms with Crippen molar-refractivity contribution in [2.75, 3.05) is 5.32 Å². The maximum Gasteiger partial charge on any atom is 0.337 e. The number of nitrogens with zero attached hydrogens (tertiary/aromatic N) is 2. The quantitative estimate of drug-likeness (QED) is 0.281. The minimum Gasteiger partial charge on any atom is -0.478 e. The highest BCUT2D eigenvalue weighted by Crippen LogP contribution is 2.51. The van der Waals surface area contributed by atoms with Gasteiger partial charge in [0.15, 0.2) is 5.78 Å². The summed E-state index contributed by atoms with van der Waals surface area (Å²) in [5.41, 5.74) is 4.30. The number of carbonyl (C=O) groups excluding carboxylic acids is 1. The lowest BCUT2D eigenvalue weighted by molar-refractivity contribution is -0.116. The van der Waals surface area contributed by atoms with Crippen LogP contribution >= 0.6 is 34.5 Å². The van der Waals surface area contributed by atoms with Gasteiger partial charge in [-0.05, 0) is 54.6 Å². The van der Waals surface area contributed by atoms with Crippen LogP contribution in [0, 0.1) is 6.92 Å². The lowest BCUT2D eigenvalue weighted by atomic mass is 9.73. The summed E-state index contributed by atoms with van der Waals surface area (Å²) in [6, 6.07) is 16.1. The molecule has 2 aromatic heterocycles. The van der Waals surface area contributed by atoms with Gasteiger partial charge in [-0.2, -0.15) is 5.10 Å². The molecule has 0 bridgehead atoms. The maximum absolute atomic E-state index is 13.8. The molecule has 2 N–H and O–H groups in total. The fourth-order valence-corrected chi connectivity index (χ4v) is 6.81. The lowest BCUT2D eigenvalue weighted by Crippen LogP contribution is -2.30. The van der Waals surface area contributed by atoms with E-state index in [4.69, 9.17) is 28.3 Å². The molecule has 6 rings (SSSR count). The van der Waals surface area contributed by atoms with E-state index in [1.165, 1.54) is 0 Å². The van der Waals surface area contributed by atoms with Gasteiger partial charge in [0.2, 0.25) is 0 Å². The number of halogens is 2. The molecule has 9 heteroatoms. The summed E-state index contributed by atoms with van der Waals surface area (Å²) in [7, 11) is 0. The van der Waals surface area contributed by atoms with E-state index in [0.717, 1.165) is 21.7 Å². The zero-order valence-corrected chi connectivity index (χ0v) is 22.0. The number of carbonyl (C=O) groups is 2. The normalized spacial score (nSPS) is 18.8. The third-order valence-electron chi connectivity index (χ3n) is 7.04. The average molecular weight is 550 g/mol. The molecule has 2 aromatic carbocycles. The number of rotatable bonds is 4. The SMILES string of the molecule is Cc1nn(-c2ccccc2C(=O)O)c2c1[C@H](c1ccc(Cl)cc1Cl)C1=C(C[C@H](c3cccs3)CC1=O)N2. The van der Waals surface area contributed by atoms with Crippen LogP contribution in [0.15, 0.2) is 71.2 Å². The van der Waals surface area contributed by atoms with E-state index in [1.54, 1.807) is 52.4 Å². The van der Waals surface area contributed by atoms with Crippen LogP contribution < -0.4 is 5.32 Å². The van der Waals surface area contributed by atoms with Crippen molar-refractivity contribution in [1.82, 2.24) is 9.78 Å². The Morgan fingerprint density at radius 2 is 1.95 bits per heavy atom. The molecule has 0 radical (unpaired) electrons. The molecule has 0 spiro atoms. The van der Waals surface area contributed by atoms with Gasteiger partial charge >= 0.3 is 5.97 Å². The molecule has 3 heterocycles. The Morgan fingerprint density at radius 3 is 2.68 bits per heavy atom. The smallest absolute Gasteiger partial charge is 0.337 e. The Morgan fingerprint density at radius 1 is 1.14 bits per heavy atom. The topological polar surface area (TPSA) is 84.2 Å². The number of benzene rings is 2. The third-order valence-corrected chi connectivity index (χ3v) is 8.64. The molecule has 0 saturated heterocycles. The minimum atomic E-state index is -1.05.